The van der Waals surface area contributed by atoms with Crippen LogP contribution in [0.25, 0.3) is 11.3 Å². The summed E-state index contributed by atoms with van der Waals surface area (Å²) in [6.45, 7) is 1.54. The maximum absolute atomic E-state index is 13.3. The van der Waals surface area contributed by atoms with Crippen LogP contribution in [-0.4, -0.2) is 58.9 Å². The molecule has 0 spiro atoms. The minimum absolute atomic E-state index is 0.00390. The summed E-state index contributed by atoms with van der Waals surface area (Å²) >= 11 is 0. The van der Waals surface area contributed by atoms with Crippen LogP contribution in [0, 0.1) is 17.8 Å². The predicted molar refractivity (Wildman–Crippen MR) is 118 cm³/mol. The average Bonchev–Trinajstić information content (AvgIpc) is 3.26. The molecule has 4 atom stereocenters. The maximum atomic E-state index is 13.3. The van der Waals surface area contributed by atoms with E-state index in [0.29, 0.717) is 24.3 Å². The maximum Gasteiger partial charge on any atom is 0.417 e. The Labute approximate surface area is 194 Å². The summed E-state index contributed by atoms with van der Waals surface area (Å²) in [5.74, 6) is 1.37. The number of ether oxygens (including phenoxy) is 1. The number of alkyl halides is 3. The molecular formula is C24H30F3N5O. The molecule has 2 saturated heterocycles. The van der Waals surface area contributed by atoms with Gasteiger partial charge in [0.15, 0.2) is 0 Å². The number of likely N-dealkylation sites (tertiary alicyclic amines) is 1. The van der Waals surface area contributed by atoms with Gasteiger partial charge in [-0.05, 0) is 68.1 Å². The number of rotatable bonds is 5. The highest BCUT2D eigenvalue weighted by atomic mass is 19.4. The predicted octanol–water partition coefficient (Wildman–Crippen LogP) is 4.50. The van der Waals surface area contributed by atoms with E-state index in [2.05, 4.69) is 20.5 Å². The van der Waals surface area contributed by atoms with Crippen molar-refractivity contribution in [1.82, 2.24) is 20.1 Å². The molecule has 5 rings (SSSR count). The Morgan fingerprint density at radius 2 is 1.91 bits per heavy atom. The monoisotopic (exact) mass is 463 g/mol. The van der Waals surface area contributed by atoms with Gasteiger partial charge in [-0.2, -0.15) is 13.2 Å². The van der Waals surface area contributed by atoms with Gasteiger partial charge in [-0.15, -0.1) is 10.2 Å². The Balaban J connectivity index is 1.19. The second-order valence-electron chi connectivity index (χ2n) is 9.33. The number of fused-ring (bicyclic) bond motifs is 1. The Hall–Kier alpha value is -2.26. The standard InChI is InChI=1S/C24H30F3N5O/c25-24(26,27)21-5-7-28-12-20(21)22-3-4-23(31-30-22)29-19-10-17-14-32(15-18(17)11-19)13-16-2-1-8-33-9-6-16/h3-5,7,12,16-19H,1-2,6,8-11,13-15H2,(H,29,31)/t16?,17-,18+,19?/i13D2. The van der Waals surface area contributed by atoms with Crippen LogP contribution in [0.15, 0.2) is 30.6 Å². The second-order valence-corrected chi connectivity index (χ2v) is 9.33. The van der Waals surface area contributed by atoms with E-state index in [1.165, 1.54) is 6.07 Å². The fraction of sp³-hybridized carbons (Fsp3) is 0.625. The molecule has 4 heterocycles. The van der Waals surface area contributed by atoms with Crippen molar-refractivity contribution in [1.29, 1.82) is 0 Å². The fourth-order valence-electron chi connectivity index (χ4n) is 5.42. The Kier molecular flexibility index (Phi) is 5.82. The molecule has 1 aliphatic carbocycles. The molecule has 0 bridgehead atoms. The minimum Gasteiger partial charge on any atom is -0.381 e. The number of nitrogens with one attached hydrogen (secondary N) is 1. The van der Waals surface area contributed by atoms with Gasteiger partial charge in [0.25, 0.3) is 0 Å². The van der Waals surface area contributed by atoms with Crippen LogP contribution in [0.2, 0.25) is 0 Å². The lowest BCUT2D eigenvalue weighted by Gasteiger charge is -2.24. The van der Waals surface area contributed by atoms with E-state index in [-0.39, 0.29) is 23.2 Å². The van der Waals surface area contributed by atoms with Gasteiger partial charge >= 0.3 is 6.18 Å². The van der Waals surface area contributed by atoms with Crippen LogP contribution in [-0.2, 0) is 10.9 Å². The van der Waals surface area contributed by atoms with E-state index in [9.17, 15) is 13.2 Å². The van der Waals surface area contributed by atoms with Crippen LogP contribution in [0.3, 0.4) is 0 Å². The molecule has 3 fully saturated rings. The second kappa shape index (κ2) is 9.54. The normalized spacial score (nSPS) is 29.8. The van der Waals surface area contributed by atoms with Gasteiger partial charge < -0.3 is 15.0 Å². The lowest BCUT2D eigenvalue weighted by atomic mass is 10.00. The van der Waals surface area contributed by atoms with Gasteiger partial charge in [0.05, 0.1) is 11.3 Å². The highest BCUT2D eigenvalue weighted by molar-refractivity contribution is 5.63. The van der Waals surface area contributed by atoms with E-state index in [1.807, 2.05) is 4.90 Å². The Morgan fingerprint density at radius 3 is 2.64 bits per heavy atom. The van der Waals surface area contributed by atoms with Gasteiger partial charge in [0.2, 0.25) is 0 Å². The Morgan fingerprint density at radius 1 is 1.09 bits per heavy atom. The summed E-state index contributed by atoms with van der Waals surface area (Å²) in [6, 6.07) is 4.32. The molecule has 2 unspecified atom stereocenters. The van der Waals surface area contributed by atoms with Gasteiger partial charge in [-0.25, -0.2) is 0 Å². The number of hydrogen-bond acceptors (Lipinski definition) is 6. The molecule has 6 nitrogen and oxygen atoms in total. The largest absolute Gasteiger partial charge is 0.417 e. The summed E-state index contributed by atoms with van der Waals surface area (Å²) in [4.78, 5) is 5.85. The van der Waals surface area contributed by atoms with E-state index >= 15 is 0 Å². The number of pyridine rings is 1. The lowest BCUT2D eigenvalue weighted by molar-refractivity contribution is -0.137. The zero-order valence-corrected chi connectivity index (χ0v) is 18.4. The van der Waals surface area contributed by atoms with Gasteiger partial charge in [0.1, 0.15) is 5.82 Å². The molecule has 2 aromatic heterocycles. The SMILES string of the molecule is [2H]C([2H])(C1CCCOCC1)N1C[C@H]2CC(Nc3ccc(-c4cnccc4C(F)(F)F)nn3)C[C@H]2C1. The third-order valence-corrected chi connectivity index (χ3v) is 6.99. The number of anilines is 1. The van der Waals surface area contributed by atoms with E-state index in [1.54, 1.807) is 6.07 Å². The molecule has 33 heavy (non-hydrogen) atoms. The summed E-state index contributed by atoms with van der Waals surface area (Å²) in [5.41, 5.74) is -0.753. The Bertz CT molecular complexity index is 1000. The molecule has 2 aromatic rings. The summed E-state index contributed by atoms with van der Waals surface area (Å²) in [5, 5.41) is 11.5. The van der Waals surface area contributed by atoms with Crippen molar-refractivity contribution in [3.8, 4) is 11.3 Å². The molecule has 0 amide bonds. The number of aromatic nitrogens is 3. The quantitative estimate of drug-likeness (QED) is 0.705. The molecule has 9 heteroatoms. The third kappa shape index (κ3) is 5.30. The number of hydrogen-bond donors (Lipinski definition) is 1. The first-order valence-electron chi connectivity index (χ1n) is 12.7. The minimum atomic E-state index is -4.49. The zero-order valence-electron chi connectivity index (χ0n) is 20.4. The summed E-state index contributed by atoms with van der Waals surface area (Å²) < 4.78 is 63.0. The topological polar surface area (TPSA) is 63.2 Å². The summed E-state index contributed by atoms with van der Waals surface area (Å²) in [6.07, 6.45) is 2.14. The van der Waals surface area contributed by atoms with Crippen molar-refractivity contribution in [2.24, 2.45) is 17.8 Å². The first-order valence-corrected chi connectivity index (χ1v) is 11.7. The lowest BCUT2D eigenvalue weighted by Crippen LogP contribution is -2.30. The van der Waals surface area contributed by atoms with Crippen LogP contribution in [0.4, 0.5) is 19.0 Å². The number of nitrogens with zero attached hydrogens (tertiary/aromatic N) is 4. The first kappa shape index (κ1) is 20.1. The van der Waals surface area contributed by atoms with Crippen LogP contribution in [0.5, 0.6) is 0 Å². The average molecular weight is 464 g/mol. The van der Waals surface area contributed by atoms with E-state index < -0.39 is 18.2 Å². The first-order chi connectivity index (χ1) is 16.7. The fourth-order valence-corrected chi connectivity index (χ4v) is 5.42. The van der Waals surface area contributed by atoms with Crippen LogP contribution >= 0.6 is 0 Å². The highest BCUT2D eigenvalue weighted by Gasteiger charge is 2.41. The van der Waals surface area contributed by atoms with Crippen molar-refractivity contribution in [2.75, 3.05) is 38.1 Å². The van der Waals surface area contributed by atoms with Crippen LogP contribution in [0.1, 0.15) is 40.4 Å². The molecule has 178 valence electrons. The molecule has 0 aromatic carbocycles. The molecular weight excluding hydrogens is 431 g/mol. The third-order valence-electron chi connectivity index (χ3n) is 6.99. The van der Waals surface area contributed by atoms with Crippen molar-refractivity contribution in [3.63, 3.8) is 0 Å². The molecule has 1 N–H and O–H groups in total. The van der Waals surface area contributed by atoms with Crippen molar-refractivity contribution < 1.29 is 20.6 Å². The van der Waals surface area contributed by atoms with Gasteiger partial charge in [-0.3, -0.25) is 4.98 Å². The van der Waals surface area contributed by atoms with Crippen molar-refractivity contribution in [3.05, 3.63) is 36.2 Å². The van der Waals surface area contributed by atoms with Crippen molar-refractivity contribution >= 4 is 5.82 Å². The molecule has 2 aliphatic heterocycles. The zero-order chi connectivity index (χ0) is 24.6. The smallest absolute Gasteiger partial charge is 0.381 e. The molecule has 3 aliphatic rings. The highest BCUT2D eigenvalue weighted by Crippen LogP contribution is 2.40. The summed E-state index contributed by atoms with van der Waals surface area (Å²) in [7, 11) is 0. The van der Waals surface area contributed by atoms with Crippen molar-refractivity contribution in [2.45, 2.75) is 44.3 Å². The van der Waals surface area contributed by atoms with Gasteiger partial charge in [0, 0.05) is 59.5 Å². The number of halogens is 3. The van der Waals surface area contributed by atoms with E-state index in [0.717, 1.165) is 70.3 Å². The van der Waals surface area contributed by atoms with Crippen LogP contribution < -0.4 is 5.32 Å². The van der Waals surface area contributed by atoms with E-state index in [4.69, 9.17) is 7.48 Å². The van der Waals surface area contributed by atoms with Gasteiger partial charge in [-0.1, -0.05) is 0 Å². The molecule has 0 radical (unpaired) electrons. The molecule has 1 saturated carbocycles.